The van der Waals surface area contributed by atoms with E-state index in [9.17, 15) is 8.42 Å². The monoisotopic (exact) mass is 238 g/mol. The molecular weight excluding hydrogens is 228 g/mol. The van der Waals surface area contributed by atoms with Crippen LogP contribution in [0.15, 0.2) is 52.0 Å². The number of nitrogen functional groups attached to an aromatic ring is 1. The molecule has 0 bridgehead atoms. The quantitative estimate of drug-likeness (QED) is 0.796. The molecule has 2 aromatic rings. The lowest BCUT2D eigenvalue weighted by molar-refractivity contribution is 0.576. The number of nitrogens with two attached hydrogens (primary N) is 1. The lowest BCUT2D eigenvalue weighted by atomic mass is 10.3. The van der Waals surface area contributed by atoms with Gasteiger partial charge in [0.15, 0.2) is 0 Å². The summed E-state index contributed by atoms with van der Waals surface area (Å²) in [6.45, 7) is 0. The largest absolute Gasteiger partial charge is 0.448 e. The van der Waals surface area contributed by atoms with Crippen LogP contribution in [0.2, 0.25) is 0 Å². The van der Waals surface area contributed by atoms with Gasteiger partial charge in [-0.05, 0) is 24.3 Å². The highest BCUT2D eigenvalue weighted by molar-refractivity contribution is 7.92. The summed E-state index contributed by atoms with van der Waals surface area (Å²) in [4.78, 5) is 0.101. The second-order valence-electron chi connectivity index (χ2n) is 3.16. The molecule has 0 aliphatic rings. The molecule has 1 heterocycles. The van der Waals surface area contributed by atoms with Crippen molar-refractivity contribution in [2.24, 2.45) is 0 Å². The molecule has 2 rings (SSSR count). The maximum absolute atomic E-state index is 11.8. The van der Waals surface area contributed by atoms with Crippen LogP contribution in [0.1, 0.15) is 0 Å². The summed E-state index contributed by atoms with van der Waals surface area (Å²) in [7, 11) is -3.63. The lowest BCUT2D eigenvalue weighted by Gasteiger charge is -2.05. The van der Waals surface area contributed by atoms with Gasteiger partial charge in [0.1, 0.15) is 0 Å². The Morgan fingerprint density at radius 1 is 1.19 bits per heavy atom. The molecule has 0 radical (unpaired) electrons. The summed E-state index contributed by atoms with van der Waals surface area (Å²) in [5, 5.41) is 0. The number of anilines is 2. The van der Waals surface area contributed by atoms with E-state index in [0.717, 1.165) is 0 Å². The van der Waals surface area contributed by atoms with Crippen molar-refractivity contribution in [3.63, 3.8) is 0 Å². The minimum Gasteiger partial charge on any atom is -0.448 e. The van der Waals surface area contributed by atoms with Gasteiger partial charge in [-0.15, -0.1) is 0 Å². The van der Waals surface area contributed by atoms with E-state index in [-0.39, 0.29) is 10.8 Å². The molecule has 0 unspecified atom stereocenters. The Kier molecular flexibility index (Phi) is 2.57. The molecule has 16 heavy (non-hydrogen) atoms. The molecule has 1 aromatic heterocycles. The highest BCUT2D eigenvalue weighted by atomic mass is 32.2. The molecule has 6 heteroatoms. The average molecular weight is 238 g/mol. The van der Waals surface area contributed by atoms with Crippen LogP contribution in [-0.2, 0) is 10.0 Å². The van der Waals surface area contributed by atoms with Crippen molar-refractivity contribution in [3.8, 4) is 0 Å². The molecule has 84 valence electrons. The molecule has 0 spiro atoms. The fourth-order valence-corrected chi connectivity index (χ4v) is 2.26. The first-order valence-corrected chi connectivity index (χ1v) is 5.98. The number of hydrogen-bond donors (Lipinski definition) is 2. The smallest absolute Gasteiger partial charge is 0.264 e. The number of hydrogen-bond acceptors (Lipinski definition) is 4. The number of sulfonamides is 1. The first-order valence-electron chi connectivity index (χ1n) is 4.50. The summed E-state index contributed by atoms with van der Waals surface area (Å²) >= 11 is 0. The van der Waals surface area contributed by atoms with E-state index in [1.165, 1.54) is 24.5 Å². The first-order chi connectivity index (χ1) is 7.58. The van der Waals surface area contributed by atoms with Crippen molar-refractivity contribution in [1.29, 1.82) is 0 Å². The molecule has 0 saturated heterocycles. The summed E-state index contributed by atoms with van der Waals surface area (Å²) in [6, 6.07) is 9.14. The fourth-order valence-electron chi connectivity index (χ4n) is 1.21. The molecule has 0 fully saturated rings. The molecule has 0 aliphatic carbocycles. The lowest BCUT2D eigenvalue weighted by Crippen LogP contribution is -2.12. The summed E-state index contributed by atoms with van der Waals surface area (Å²) in [5.41, 5.74) is 5.90. The molecule has 3 N–H and O–H groups in total. The molecular formula is C10H10N2O3S. The Morgan fingerprint density at radius 3 is 2.62 bits per heavy atom. The Bertz CT molecular complexity index is 576. The Balaban J connectivity index is 2.33. The zero-order valence-corrected chi connectivity index (χ0v) is 9.07. The molecule has 0 atom stereocenters. The second-order valence-corrected chi connectivity index (χ2v) is 4.84. The molecule has 0 saturated carbocycles. The maximum atomic E-state index is 11.8. The average Bonchev–Trinajstić information content (AvgIpc) is 2.70. The van der Waals surface area contributed by atoms with Gasteiger partial charge < -0.3 is 10.2 Å². The molecule has 5 nitrogen and oxygen atoms in total. The van der Waals surface area contributed by atoms with Crippen molar-refractivity contribution in [3.05, 3.63) is 42.7 Å². The minimum atomic E-state index is -3.63. The van der Waals surface area contributed by atoms with Gasteiger partial charge in [0.2, 0.25) is 5.88 Å². The van der Waals surface area contributed by atoms with E-state index in [1.54, 1.807) is 18.2 Å². The van der Waals surface area contributed by atoms with Crippen molar-refractivity contribution >= 4 is 21.6 Å². The van der Waals surface area contributed by atoms with Gasteiger partial charge in [0.25, 0.3) is 10.0 Å². The van der Waals surface area contributed by atoms with Gasteiger partial charge in [-0.25, -0.2) is 13.1 Å². The normalized spacial score (nSPS) is 11.2. The van der Waals surface area contributed by atoms with Gasteiger partial charge in [-0.3, -0.25) is 0 Å². The van der Waals surface area contributed by atoms with Gasteiger partial charge in [-0.1, -0.05) is 6.07 Å². The van der Waals surface area contributed by atoms with Gasteiger partial charge in [-0.2, -0.15) is 0 Å². The molecule has 0 aliphatic heterocycles. The number of furan rings is 1. The molecule has 1 aromatic carbocycles. The van der Waals surface area contributed by atoms with Crippen LogP contribution in [0.3, 0.4) is 0 Å². The predicted molar refractivity (Wildman–Crippen MR) is 60.4 cm³/mol. The predicted octanol–water partition coefficient (Wildman–Crippen LogP) is 1.66. The number of rotatable bonds is 3. The maximum Gasteiger partial charge on any atom is 0.264 e. The standard InChI is InChI=1S/C10H10N2O3S/c11-8-3-1-4-9(7-8)16(13,14)12-10-5-2-6-15-10/h1-7,12H,11H2. The van der Waals surface area contributed by atoms with Crippen LogP contribution >= 0.6 is 0 Å². The fraction of sp³-hybridized carbons (Fsp3) is 0. The highest BCUT2D eigenvalue weighted by Gasteiger charge is 2.15. The van der Waals surface area contributed by atoms with Crippen LogP contribution < -0.4 is 10.5 Å². The van der Waals surface area contributed by atoms with E-state index in [4.69, 9.17) is 10.2 Å². The zero-order chi connectivity index (χ0) is 11.6. The van der Waals surface area contributed by atoms with Crippen molar-refractivity contribution in [2.45, 2.75) is 4.90 Å². The topological polar surface area (TPSA) is 85.3 Å². The summed E-state index contributed by atoms with van der Waals surface area (Å²) in [6.07, 6.45) is 1.39. The number of benzene rings is 1. The van der Waals surface area contributed by atoms with E-state index in [1.807, 2.05) is 0 Å². The second kappa shape index (κ2) is 3.90. The van der Waals surface area contributed by atoms with Crippen molar-refractivity contribution in [2.75, 3.05) is 10.5 Å². The zero-order valence-electron chi connectivity index (χ0n) is 8.25. The van der Waals surface area contributed by atoms with Crippen LogP contribution in [0.4, 0.5) is 11.6 Å². The van der Waals surface area contributed by atoms with Crippen LogP contribution in [0.25, 0.3) is 0 Å². The van der Waals surface area contributed by atoms with E-state index >= 15 is 0 Å². The number of nitrogens with one attached hydrogen (secondary N) is 1. The SMILES string of the molecule is Nc1cccc(S(=O)(=O)Nc2ccco2)c1. The Morgan fingerprint density at radius 2 is 2.00 bits per heavy atom. The van der Waals surface area contributed by atoms with Gasteiger partial charge in [0, 0.05) is 11.8 Å². The van der Waals surface area contributed by atoms with Crippen LogP contribution in [-0.4, -0.2) is 8.42 Å². The third-order valence-corrected chi connectivity index (χ3v) is 3.27. The Labute approximate surface area is 92.9 Å². The van der Waals surface area contributed by atoms with Crippen molar-refractivity contribution < 1.29 is 12.8 Å². The molecule has 0 amide bonds. The summed E-state index contributed by atoms with van der Waals surface area (Å²) in [5.74, 6) is 0.169. The van der Waals surface area contributed by atoms with Crippen LogP contribution in [0.5, 0.6) is 0 Å². The Hall–Kier alpha value is -1.95. The van der Waals surface area contributed by atoms with Gasteiger partial charge in [0.05, 0.1) is 11.2 Å². The first kappa shape index (κ1) is 10.6. The van der Waals surface area contributed by atoms with Crippen LogP contribution in [0, 0.1) is 0 Å². The van der Waals surface area contributed by atoms with E-state index in [2.05, 4.69) is 4.72 Å². The van der Waals surface area contributed by atoms with Gasteiger partial charge >= 0.3 is 0 Å². The third-order valence-electron chi connectivity index (χ3n) is 1.92. The van der Waals surface area contributed by atoms with E-state index < -0.39 is 10.0 Å². The minimum absolute atomic E-state index is 0.101. The van der Waals surface area contributed by atoms with Crippen molar-refractivity contribution in [1.82, 2.24) is 0 Å². The highest BCUT2D eigenvalue weighted by Crippen LogP contribution is 2.17. The third kappa shape index (κ3) is 2.17. The van der Waals surface area contributed by atoms with E-state index in [0.29, 0.717) is 5.69 Å². The summed E-state index contributed by atoms with van der Waals surface area (Å²) < 4.78 is 30.8.